The first-order valence-electron chi connectivity index (χ1n) is 5.78. The van der Waals surface area contributed by atoms with Crippen LogP contribution in [0, 0.1) is 0 Å². The number of unbranched alkanes of at least 4 members (excludes halogenated alkanes) is 1. The van der Waals surface area contributed by atoms with Crippen LogP contribution >= 0.6 is 0 Å². The molecule has 0 fully saturated rings. The van der Waals surface area contributed by atoms with Crippen molar-refractivity contribution in [2.45, 2.75) is 72.8 Å². The van der Waals surface area contributed by atoms with Crippen LogP contribution in [-0.2, 0) is 4.74 Å². The maximum Gasteiger partial charge on any atom is 0.103 e. The molecule has 84 valence electrons. The van der Waals surface area contributed by atoms with Gasteiger partial charge in [-0.3, -0.25) is 0 Å². The molecule has 0 aromatic carbocycles. The van der Waals surface area contributed by atoms with Crippen molar-refractivity contribution in [3.63, 3.8) is 0 Å². The van der Waals surface area contributed by atoms with Crippen LogP contribution in [0.15, 0.2) is 11.3 Å². The van der Waals surface area contributed by atoms with Crippen molar-refractivity contribution < 1.29 is 4.74 Å². The molecule has 0 bridgehead atoms. The summed E-state index contributed by atoms with van der Waals surface area (Å²) in [5, 5.41) is 0. The van der Waals surface area contributed by atoms with E-state index in [0.29, 0.717) is 0 Å². The van der Waals surface area contributed by atoms with Gasteiger partial charge in [0, 0.05) is 0 Å². The quantitative estimate of drug-likeness (QED) is 0.563. The van der Waals surface area contributed by atoms with Crippen molar-refractivity contribution in [3.8, 4) is 0 Å². The van der Waals surface area contributed by atoms with Gasteiger partial charge in [-0.05, 0) is 52.5 Å². The zero-order chi connectivity index (χ0) is 11.2. The van der Waals surface area contributed by atoms with Crippen LogP contribution in [0.25, 0.3) is 0 Å². The maximum absolute atomic E-state index is 5.97. The molecule has 0 aliphatic carbocycles. The molecule has 0 radical (unpaired) electrons. The number of ether oxygens (including phenoxy) is 1. The largest absolute Gasteiger partial charge is 0.493 e. The molecule has 0 aliphatic heterocycles. The molecule has 0 rings (SSSR count). The molecule has 0 aromatic rings. The summed E-state index contributed by atoms with van der Waals surface area (Å²) >= 11 is 0. The van der Waals surface area contributed by atoms with Gasteiger partial charge in [0.15, 0.2) is 0 Å². The Morgan fingerprint density at radius 2 is 1.71 bits per heavy atom. The van der Waals surface area contributed by atoms with Gasteiger partial charge in [0.2, 0.25) is 0 Å². The summed E-state index contributed by atoms with van der Waals surface area (Å²) < 4.78 is 5.97. The van der Waals surface area contributed by atoms with Gasteiger partial charge in [-0.1, -0.05) is 20.3 Å². The number of hydrogen-bond acceptors (Lipinski definition) is 1. The predicted octanol–water partition coefficient (Wildman–Crippen LogP) is 4.68. The molecule has 0 N–H and O–H groups in total. The summed E-state index contributed by atoms with van der Waals surface area (Å²) in [6.07, 6.45) is 4.70. The fraction of sp³-hybridized carbons (Fsp3) is 0.846. The van der Waals surface area contributed by atoms with E-state index in [4.69, 9.17) is 4.74 Å². The lowest BCUT2D eigenvalue weighted by Crippen LogP contribution is -2.23. The van der Waals surface area contributed by atoms with Gasteiger partial charge in [0.1, 0.15) is 5.60 Å². The third-order valence-corrected chi connectivity index (χ3v) is 2.69. The van der Waals surface area contributed by atoms with Crippen LogP contribution in [-0.4, -0.2) is 5.60 Å². The second kappa shape index (κ2) is 6.10. The highest BCUT2D eigenvalue weighted by Gasteiger charge is 2.19. The second-order valence-corrected chi connectivity index (χ2v) is 4.66. The van der Waals surface area contributed by atoms with E-state index in [0.717, 1.165) is 18.6 Å². The highest BCUT2D eigenvalue weighted by molar-refractivity contribution is 5.03. The van der Waals surface area contributed by atoms with Crippen molar-refractivity contribution >= 4 is 0 Å². The van der Waals surface area contributed by atoms with Crippen LogP contribution in [0.3, 0.4) is 0 Å². The summed E-state index contributed by atoms with van der Waals surface area (Å²) in [6, 6.07) is 0. The fourth-order valence-electron chi connectivity index (χ4n) is 1.40. The number of rotatable bonds is 6. The maximum atomic E-state index is 5.97. The Bertz CT molecular complexity index is 189. The highest BCUT2D eigenvalue weighted by Crippen LogP contribution is 2.23. The monoisotopic (exact) mass is 198 g/mol. The lowest BCUT2D eigenvalue weighted by molar-refractivity contribution is 0.0245. The minimum absolute atomic E-state index is 0.00345. The van der Waals surface area contributed by atoms with E-state index in [1.165, 1.54) is 18.4 Å². The average molecular weight is 198 g/mol. The zero-order valence-electron chi connectivity index (χ0n) is 10.7. The summed E-state index contributed by atoms with van der Waals surface area (Å²) in [6.45, 7) is 13.0. The molecule has 0 saturated heterocycles. The molecule has 0 heterocycles. The van der Waals surface area contributed by atoms with Gasteiger partial charge >= 0.3 is 0 Å². The van der Waals surface area contributed by atoms with Gasteiger partial charge in [-0.15, -0.1) is 0 Å². The normalized spacial score (nSPS) is 13.9. The Balaban J connectivity index is 4.20. The molecule has 0 aliphatic rings. The Kier molecular flexibility index (Phi) is 5.90. The summed E-state index contributed by atoms with van der Waals surface area (Å²) in [4.78, 5) is 0. The first-order chi connectivity index (χ1) is 6.43. The predicted molar refractivity (Wildman–Crippen MR) is 63.4 cm³/mol. The van der Waals surface area contributed by atoms with E-state index < -0.39 is 0 Å². The standard InChI is InChI=1S/C13H26O/c1-7-9-10-13(5,6)14-12(4)11(3)8-2/h7-10H2,1-6H3. The van der Waals surface area contributed by atoms with Crippen LogP contribution in [0.5, 0.6) is 0 Å². The Morgan fingerprint density at radius 3 is 2.14 bits per heavy atom. The Morgan fingerprint density at radius 1 is 1.14 bits per heavy atom. The molecule has 0 atom stereocenters. The molecule has 14 heavy (non-hydrogen) atoms. The van der Waals surface area contributed by atoms with E-state index in [9.17, 15) is 0 Å². The molecule has 0 spiro atoms. The first kappa shape index (κ1) is 13.5. The first-order valence-corrected chi connectivity index (χ1v) is 5.78. The second-order valence-electron chi connectivity index (χ2n) is 4.66. The lowest BCUT2D eigenvalue weighted by Gasteiger charge is -2.27. The number of allylic oxidation sites excluding steroid dienone is 2. The van der Waals surface area contributed by atoms with E-state index in [1.807, 2.05) is 0 Å². The molecule has 0 saturated carbocycles. The third kappa shape index (κ3) is 5.31. The zero-order valence-corrected chi connectivity index (χ0v) is 10.7. The Hall–Kier alpha value is -0.460. The van der Waals surface area contributed by atoms with Gasteiger partial charge < -0.3 is 4.74 Å². The molecule has 0 unspecified atom stereocenters. The minimum atomic E-state index is -0.00345. The van der Waals surface area contributed by atoms with Crippen molar-refractivity contribution in [2.24, 2.45) is 0 Å². The molecular formula is C13H26O. The van der Waals surface area contributed by atoms with Crippen LogP contribution < -0.4 is 0 Å². The van der Waals surface area contributed by atoms with E-state index >= 15 is 0 Å². The van der Waals surface area contributed by atoms with E-state index in [-0.39, 0.29) is 5.60 Å². The molecule has 0 amide bonds. The minimum Gasteiger partial charge on any atom is -0.493 e. The fourth-order valence-corrected chi connectivity index (χ4v) is 1.40. The van der Waals surface area contributed by atoms with E-state index in [2.05, 4.69) is 41.5 Å². The van der Waals surface area contributed by atoms with Crippen molar-refractivity contribution in [1.29, 1.82) is 0 Å². The highest BCUT2D eigenvalue weighted by atomic mass is 16.5. The molecular weight excluding hydrogens is 172 g/mol. The molecule has 1 heteroatoms. The topological polar surface area (TPSA) is 9.23 Å². The number of hydrogen-bond donors (Lipinski definition) is 0. The van der Waals surface area contributed by atoms with E-state index in [1.54, 1.807) is 0 Å². The van der Waals surface area contributed by atoms with Crippen LogP contribution in [0.2, 0.25) is 0 Å². The molecule has 1 nitrogen and oxygen atoms in total. The summed E-state index contributed by atoms with van der Waals surface area (Å²) in [5.41, 5.74) is 1.35. The van der Waals surface area contributed by atoms with Crippen molar-refractivity contribution in [3.05, 3.63) is 11.3 Å². The van der Waals surface area contributed by atoms with Crippen molar-refractivity contribution in [2.75, 3.05) is 0 Å². The van der Waals surface area contributed by atoms with Crippen molar-refractivity contribution in [1.82, 2.24) is 0 Å². The lowest BCUT2D eigenvalue weighted by atomic mass is 10.0. The van der Waals surface area contributed by atoms with Gasteiger partial charge in [-0.25, -0.2) is 0 Å². The molecule has 0 aromatic heterocycles. The van der Waals surface area contributed by atoms with Gasteiger partial charge in [0.25, 0.3) is 0 Å². The van der Waals surface area contributed by atoms with Crippen LogP contribution in [0.1, 0.15) is 67.2 Å². The van der Waals surface area contributed by atoms with Gasteiger partial charge in [0.05, 0.1) is 5.76 Å². The third-order valence-electron chi connectivity index (χ3n) is 2.69. The smallest absolute Gasteiger partial charge is 0.103 e. The summed E-state index contributed by atoms with van der Waals surface area (Å²) in [7, 11) is 0. The van der Waals surface area contributed by atoms with Gasteiger partial charge in [-0.2, -0.15) is 0 Å². The summed E-state index contributed by atoms with van der Waals surface area (Å²) in [5.74, 6) is 1.11. The Labute approximate surface area is 89.5 Å². The van der Waals surface area contributed by atoms with Crippen LogP contribution in [0.4, 0.5) is 0 Å². The average Bonchev–Trinajstić information content (AvgIpc) is 2.12. The SMILES string of the molecule is CCCCC(C)(C)OC(C)=C(C)CC.